The lowest BCUT2D eigenvalue weighted by Crippen LogP contribution is -2.52. The summed E-state index contributed by atoms with van der Waals surface area (Å²) in [4.78, 5) is 25.5. The van der Waals surface area contributed by atoms with Gasteiger partial charge in [-0.1, -0.05) is 12.1 Å². The minimum atomic E-state index is -0.652. The Kier molecular flexibility index (Phi) is 6.07. The van der Waals surface area contributed by atoms with E-state index in [1.54, 1.807) is 12.1 Å². The summed E-state index contributed by atoms with van der Waals surface area (Å²) in [7, 11) is 0. The molecule has 0 bridgehead atoms. The van der Waals surface area contributed by atoms with Crippen LogP contribution in [0.25, 0.3) is 0 Å². The molecule has 1 saturated heterocycles. The number of nitrogens with two attached hydrogens (primary N) is 1. The van der Waals surface area contributed by atoms with Gasteiger partial charge in [0, 0.05) is 13.0 Å². The first kappa shape index (κ1) is 17.4. The Morgan fingerprint density at radius 3 is 2.57 bits per heavy atom. The van der Waals surface area contributed by atoms with Gasteiger partial charge in [-0.2, -0.15) is 0 Å². The Morgan fingerprint density at radius 1 is 1.26 bits per heavy atom. The highest BCUT2D eigenvalue weighted by Gasteiger charge is 2.34. The highest BCUT2D eigenvalue weighted by Crippen LogP contribution is 2.26. The number of benzene rings is 1. The monoisotopic (exact) mass is 324 g/mol. The van der Waals surface area contributed by atoms with Crippen LogP contribution in [0.15, 0.2) is 24.3 Å². The fourth-order valence-corrected chi connectivity index (χ4v) is 3.07. The molecule has 1 aliphatic rings. The second-order valence-corrected chi connectivity index (χ2v) is 6.00. The quantitative estimate of drug-likeness (QED) is 0.872. The molecule has 1 aliphatic heterocycles. The number of aryl methyl sites for hydroxylation is 1. The van der Waals surface area contributed by atoms with Crippen molar-refractivity contribution in [1.29, 1.82) is 0 Å². The molecule has 0 radical (unpaired) electrons. The van der Waals surface area contributed by atoms with Crippen LogP contribution in [-0.4, -0.2) is 36.0 Å². The predicted octanol–water partition coefficient (Wildman–Crippen LogP) is 2.21. The molecular weight excluding hydrogens is 302 g/mol. The Labute approximate surface area is 134 Å². The van der Waals surface area contributed by atoms with Crippen LogP contribution < -0.4 is 5.73 Å². The zero-order valence-corrected chi connectivity index (χ0v) is 13.0. The molecule has 1 heterocycles. The molecule has 1 fully saturated rings. The highest BCUT2D eigenvalue weighted by atomic mass is 19.1. The van der Waals surface area contributed by atoms with Crippen LogP contribution >= 0.6 is 0 Å². The smallest absolute Gasteiger partial charge is 0.240 e. The summed E-state index contributed by atoms with van der Waals surface area (Å²) in [6.45, 7) is 0.00911. The average molecular weight is 324 g/mol. The molecule has 0 spiro atoms. The van der Waals surface area contributed by atoms with E-state index in [2.05, 4.69) is 0 Å². The fraction of sp³-hybridized carbons (Fsp3) is 0.529. The molecule has 0 aliphatic carbocycles. The van der Waals surface area contributed by atoms with Gasteiger partial charge in [0.1, 0.15) is 11.9 Å². The summed E-state index contributed by atoms with van der Waals surface area (Å²) < 4.78 is 25.3. The first-order valence-electron chi connectivity index (χ1n) is 7.90. The predicted molar refractivity (Wildman–Crippen MR) is 82.7 cm³/mol. The van der Waals surface area contributed by atoms with Crippen molar-refractivity contribution in [3.05, 3.63) is 35.6 Å². The minimum Gasteiger partial charge on any atom is -0.368 e. The zero-order valence-electron chi connectivity index (χ0n) is 13.0. The van der Waals surface area contributed by atoms with Gasteiger partial charge in [-0.05, 0) is 49.3 Å². The summed E-state index contributed by atoms with van der Waals surface area (Å²) in [6, 6.07) is 5.34. The van der Waals surface area contributed by atoms with Gasteiger partial charge < -0.3 is 10.6 Å². The van der Waals surface area contributed by atoms with Gasteiger partial charge in [-0.3, -0.25) is 14.0 Å². The molecule has 2 atom stereocenters. The molecule has 2 rings (SSSR count). The van der Waals surface area contributed by atoms with Crippen LogP contribution in [0.5, 0.6) is 0 Å². The van der Waals surface area contributed by atoms with E-state index >= 15 is 0 Å². The number of piperidine rings is 1. The van der Waals surface area contributed by atoms with Crippen molar-refractivity contribution in [3.8, 4) is 0 Å². The van der Waals surface area contributed by atoms with Crippen LogP contribution in [0.3, 0.4) is 0 Å². The van der Waals surface area contributed by atoms with E-state index in [4.69, 9.17) is 5.73 Å². The summed E-state index contributed by atoms with van der Waals surface area (Å²) in [5.74, 6) is -0.900. The first-order valence-corrected chi connectivity index (χ1v) is 7.90. The lowest BCUT2D eigenvalue weighted by atomic mass is 9.88. The molecule has 2 amide bonds. The number of carbonyl (C=O) groups excluding carboxylic acids is 2. The Bertz CT molecular complexity index is 548. The molecule has 0 saturated carbocycles. The van der Waals surface area contributed by atoms with Gasteiger partial charge in [0.15, 0.2) is 0 Å². The van der Waals surface area contributed by atoms with Crippen molar-refractivity contribution < 1.29 is 18.4 Å². The van der Waals surface area contributed by atoms with Gasteiger partial charge in [-0.15, -0.1) is 0 Å². The molecule has 0 aromatic heterocycles. The molecule has 126 valence electrons. The molecule has 2 unspecified atom stereocenters. The third-order valence-electron chi connectivity index (χ3n) is 4.42. The van der Waals surface area contributed by atoms with Crippen molar-refractivity contribution in [2.75, 3.05) is 13.2 Å². The number of amides is 2. The maximum Gasteiger partial charge on any atom is 0.240 e. The van der Waals surface area contributed by atoms with E-state index in [1.807, 2.05) is 0 Å². The van der Waals surface area contributed by atoms with Crippen LogP contribution in [0, 0.1) is 11.7 Å². The van der Waals surface area contributed by atoms with Crippen molar-refractivity contribution in [1.82, 2.24) is 4.90 Å². The molecule has 1 aromatic carbocycles. The topological polar surface area (TPSA) is 63.4 Å². The Balaban J connectivity index is 1.94. The fourth-order valence-electron chi connectivity index (χ4n) is 3.07. The second-order valence-electron chi connectivity index (χ2n) is 6.00. The minimum absolute atomic E-state index is 0.0960. The number of hydrogen-bond donors (Lipinski definition) is 1. The summed E-state index contributed by atoms with van der Waals surface area (Å²) in [5, 5.41) is 0. The van der Waals surface area contributed by atoms with E-state index < -0.39 is 18.6 Å². The van der Waals surface area contributed by atoms with E-state index in [1.165, 1.54) is 17.0 Å². The molecule has 1 aromatic rings. The van der Waals surface area contributed by atoms with Gasteiger partial charge in [-0.25, -0.2) is 4.39 Å². The lowest BCUT2D eigenvalue weighted by Gasteiger charge is -2.37. The summed E-state index contributed by atoms with van der Waals surface area (Å²) >= 11 is 0. The number of alkyl halides is 1. The SMILES string of the molecule is NC(=O)C1CC(CCF)CCN1C(=O)CCc1ccc(F)cc1. The maximum atomic E-state index is 12.9. The lowest BCUT2D eigenvalue weighted by molar-refractivity contribution is -0.142. The number of nitrogens with zero attached hydrogens (tertiary/aromatic N) is 1. The number of rotatable bonds is 6. The van der Waals surface area contributed by atoms with Gasteiger partial charge in [0.25, 0.3) is 0 Å². The van der Waals surface area contributed by atoms with Crippen LogP contribution in [0.4, 0.5) is 8.78 Å². The normalized spacial score (nSPS) is 21.2. The molecule has 2 N–H and O–H groups in total. The Morgan fingerprint density at radius 2 is 1.96 bits per heavy atom. The van der Waals surface area contributed by atoms with Crippen LogP contribution in [0.2, 0.25) is 0 Å². The van der Waals surface area contributed by atoms with E-state index in [-0.39, 0.29) is 24.1 Å². The number of primary amides is 1. The number of hydrogen-bond acceptors (Lipinski definition) is 2. The van der Waals surface area contributed by atoms with E-state index in [0.29, 0.717) is 32.2 Å². The molecule has 4 nitrogen and oxygen atoms in total. The van der Waals surface area contributed by atoms with Crippen LogP contribution in [0.1, 0.15) is 31.2 Å². The van der Waals surface area contributed by atoms with E-state index in [0.717, 1.165) is 5.56 Å². The largest absolute Gasteiger partial charge is 0.368 e. The van der Waals surface area contributed by atoms with Gasteiger partial charge in [0.2, 0.25) is 11.8 Å². The van der Waals surface area contributed by atoms with Gasteiger partial charge >= 0.3 is 0 Å². The van der Waals surface area contributed by atoms with Crippen LogP contribution in [-0.2, 0) is 16.0 Å². The first-order chi connectivity index (χ1) is 11.0. The number of halogens is 2. The molecule has 6 heteroatoms. The second kappa shape index (κ2) is 8.04. The number of carbonyl (C=O) groups is 2. The third-order valence-corrected chi connectivity index (χ3v) is 4.42. The molecular formula is C17H22F2N2O2. The van der Waals surface area contributed by atoms with E-state index in [9.17, 15) is 18.4 Å². The number of likely N-dealkylation sites (tertiary alicyclic amines) is 1. The summed E-state index contributed by atoms with van der Waals surface area (Å²) in [5.41, 5.74) is 6.27. The maximum absolute atomic E-state index is 12.9. The average Bonchev–Trinajstić information content (AvgIpc) is 2.54. The highest BCUT2D eigenvalue weighted by molar-refractivity contribution is 5.87. The standard InChI is InChI=1S/C17H22F2N2O2/c18-9-7-13-8-10-21(15(11-13)17(20)23)16(22)6-3-12-1-4-14(19)5-2-12/h1-2,4-5,13,15H,3,6-11H2,(H2,20,23). The Hall–Kier alpha value is -1.98. The van der Waals surface area contributed by atoms with Crippen molar-refractivity contribution >= 4 is 11.8 Å². The molecule has 23 heavy (non-hydrogen) atoms. The van der Waals surface area contributed by atoms with Crippen molar-refractivity contribution in [3.63, 3.8) is 0 Å². The van der Waals surface area contributed by atoms with Gasteiger partial charge in [0.05, 0.1) is 6.67 Å². The third kappa shape index (κ3) is 4.74. The van der Waals surface area contributed by atoms with Crippen molar-refractivity contribution in [2.45, 2.75) is 38.1 Å². The summed E-state index contributed by atoms with van der Waals surface area (Å²) in [6.07, 6.45) is 2.25. The zero-order chi connectivity index (χ0) is 16.8. The van der Waals surface area contributed by atoms with Crippen molar-refractivity contribution in [2.24, 2.45) is 11.7 Å².